The lowest BCUT2D eigenvalue weighted by Gasteiger charge is -2.20. The van der Waals surface area contributed by atoms with E-state index in [0.29, 0.717) is 23.2 Å². The van der Waals surface area contributed by atoms with E-state index in [-0.39, 0.29) is 12.3 Å². The van der Waals surface area contributed by atoms with Gasteiger partial charge in [-0.3, -0.25) is 0 Å². The maximum Gasteiger partial charge on any atom is 0.335 e. The Morgan fingerprint density at radius 3 is 2.47 bits per heavy atom. The minimum absolute atomic E-state index is 0.101. The summed E-state index contributed by atoms with van der Waals surface area (Å²) in [7, 11) is 0.262. The quantitative estimate of drug-likeness (QED) is 0.359. The zero-order chi connectivity index (χ0) is 21.9. The maximum absolute atomic E-state index is 15.5. The average molecular weight is 430 g/mol. The molecule has 1 aromatic heterocycles. The van der Waals surface area contributed by atoms with Crippen molar-refractivity contribution in [2.75, 3.05) is 13.7 Å². The summed E-state index contributed by atoms with van der Waals surface area (Å²) in [5.74, 6) is -1.48. The van der Waals surface area contributed by atoms with Crippen LogP contribution >= 0.6 is 0 Å². The zero-order valence-electron chi connectivity index (χ0n) is 17.8. The Hall–Kier alpha value is -2.48. The Kier molecular flexibility index (Phi) is 6.75. The molecule has 0 aliphatic heterocycles. The van der Waals surface area contributed by atoms with Gasteiger partial charge in [0.25, 0.3) is 0 Å². The number of ether oxygens (including phenoxy) is 2. The number of aromatic nitrogens is 1. The number of methoxy groups -OCH3 is 1. The normalized spacial score (nSPS) is 13.0. The van der Waals surface area contributed by atoms with Crippen LogP contribution in [0.4, 0.5) is 4.39 Å². The van der Waals surface area contributed by atoms with Gasteiger partial charge in [-0.05, 0) is 29.8 Å². The molecule has 0 fully saturated rings. The van der Waals surface area contributed by atoms with E-state index in [0.717, 1.165) is 11.6 Å². The monoisotopic (exact) mass is 429 g/mol. The summed E-state index contributed by atoms with van der Waals surface area (Å²) in [6.45, 7) is 7.49. The van der Waals surface area contributed by atoms with Crippen molar-refractivity contribution in [2.45, 2.75) is 38.5 Å². The molecule has 0 saturated heterocycles. The summed E-state index contributed by atoms with van der Waals surface area (Å²) >= 11 is 0. The molecule has 160 valence electrons. The minimum Gasteiger partial charge on any atom is -0.478 e. The van der Waals surface area contributed by atoms with Gasteiger partial charge in [-0.1, -0.05) is 50.0 Å². The van der Waals surface area contributed by atoms with Crippen molar-refractivity contribution in [1.82, 2.24) is 4.57 Å². The second-order valence-corrected chi connectivity index (χ2v) is 14.2. The lowest BCUT2D eigenvalue weighted by molar-refractivity contribution is 0.0695. The van der Waals surface area contributed by atoms with Gasteiger partial charge in [-0.25, -0.2) is 9.18 Å². The lowest BCUT2D eigenvalue weighted by atomic mass is 10.1. The van der Waals surface area contributed by atoms with E-state index in [1.807, 2.05) is 30.3 Å². The Labute approximate surface area is 177 Å². The third kappa shape index (κ3) is 4.80. The molecule has 0 radical (unpaired) electrons. The van der Waals surface area contributed by atoms with Crippen LogP contribution in [0.3, 0.4) is 0 Å². The van der Waals surface area contributed by atoms with E-state index in [1.54, 1.807) is 4.57 Å². The van der Waals surface area contributed by atoms with Gasteiger partial charge in [0.1, 0.15) is 12.8 Å². The van der Waals surface area contributed by atoms with Crippen LogP contribution in [0.25, 0.3) is 10.9 Å². The van der Waals surface area contributed by atoms with Crippen LogP contribution in [0.15, 0.2) is 48.5 Å². The summed E-state index contributed by atoms with van der Waals surface area (Å²) in [5, 5.41) is 9.74. The predicted octanol–water partition coefficient (Wildman–Crippen LogP) is 5.53. The maximum atomic E-state index is 15.5. The second kappa shape index (κ2) is 9.12. The first-order valence-corrected chi connectivity index (χ1v) is 13.6. The van der Waals surface area contributed by atoms with Crippen molar-refractivity contribution < 1.29 is 23.8 Å². The molecule has 3 aromatic rings. The summed E-state index contributed by atoms with van der Waals surface area (Å²) in [6, 6.07) is 14.8. The van der Waals surface area contributed by atoms with Gasteiger partial charge < -0.3 is 19.1 Å². The number of aromatic carboxylic acids is 1. The van der Waals surface area contributed by atoms with Crippen molar-refractivity contribution in [3.63, 3.8) is 0 Å². The Morgan fingerprint density at radius 2 is 1.87 bits per heavy atom. The highest BCUT2D eigenvalue weighted by atomic mass is 28.3. The summed E-state index contributed by atoms with van der Waals surface area (Å²) in [4.78, 5) is 11.5. The smallest absolute Gasteiger partial charge is 0.335 e. The molecular formula is C23H28FNO4Si. The summed E-state index contributed by atoms with van der Waals surface area (Å²) in [5.41, 5.74) is 1.72. The number of rotatable bonds is 9. The number of carbonyl (C=O) groups is 1. The van der Waals surface area contributed by atoms with Crippen LogP contribution in [0.2, 0.25) is 25.7 Å². The van der Waals surface area contributed by atoms with Gasteiger partial charge in [0.05, 0.1) is 16.8 Å². The van der Waals surface area contributed by atoms with Gasteiger partial charge in [0, 0.05) is 27.2 Å². The van der Waals surface area contributed by atoms with Gasteiger partial charge >= 0.3 is 5.97 Å². The van der Waals surface area contributed by atoms with Gasteiger partial charge in [0.15, 0.2) is 5.82 Å². The fourth-order valence-electron chi connectivity index (χ4n) is 3.42. The summed E-state index contributed by atoms with van der Waals surface area (Å²) < 4.78 is 28.8. The standard InChI is InChI=1S/C23H28FNO4Si/c1-28-22(16-8-6-5-7-9-16)21-20(24)18-11-10-17(23(26)27)14-19(18)25(21)15-29-12-13-30(2,3)4/h5-11,14,22H,12-13,15H2,1-4H3,(H,26,27). The van der Waals surface area contributed by atoms with Crippen LogP contribution in [0.1, 0.15) is 27.7 Å². The molecule has 2 aromatic carbocycles. The topological polar surface area (TPSA) is 60.7 Å². The van der Waals surface area contributed by atoms with E-state index >= 15 is 4.39 Å². The Morgan fingerprint density at radius 1 is 1.17 bits per heavy atom. The molecule has 1 N–H and O–H groups in total. The van der Waals surface area contributed by atoms with Gasteiger partial charge in [-0.2, -0.15) is 0 Å². The van der Waals surface area contributed by atoms with Crippen molar-refractivity contribution in [1.29, 1.82) is 0 Å². The Bertz CT molecular complexity index is 1030. The first-order valence-electron chi connectivity index (χ1n) is 9.93. The Balaban J connectivity index is 2.09. The van der Waals surface area contributed by atoms with E-state index in [1.165, 1.54) is 25.3 Å². The van der Waals surface area contributed by atoms with Crippen LogP contribution < -0.4 is 0 Å². The molecule has 0 amide bonds. The number of carboxylic acid groups (broad SMARTS) is 1. The first kappa shape index (κ1) is 22.2. The molecule has 0 bridgehead atoms. The number of halogens is 1. The molecule has 5 nitrogen and oxygen atoms in total. The number of fused-ring (bicyclic) bond motifs is 1. The predicted molar refractivity (Wildman–Crippen MR) is 118 cm³/mol. The highest BCUT2D eigenvalue weighted by Gasteiger charge is 2.27. The number of hydrogen-bond donors (Lipinski definition) is 1. The number of hydrogen-bond acceptors (Lipinski definition) is 3. The molecule has 7 heteroatoms. The number of nitrogens with zero attached hydrogens (tertiary/aromatic N) is 1. The minimum atomic E-state index is -1.27. The molecule has 0 spiro atoms. The van der Waals surface area contributed by atoms with Crippen LogP contribution in [0, 0.1) is 5.82 Å². The molecule has 3 rings (SSSR count). The molecule has 1 heterocycles. The molecule has 0 aliphatic rings. The molecule has 1 unspecified atom stereocenters. The van der Waals surface area contributed by atoms with Crippen molar-refractivity contribution >= 4 is 24.9 Å². The first-order chi connectivity index (χ1) is 14.2. The largest absolute Gasteiger partial charge is 0.478 e. The third-order valence-electron chi connectivity index (χ3n) is 5.09. The van der Waals surface area contributed by atoms with Crippen molar-refractivity contribution in [3.8, 4) is 0 Å². The van der Waals surface area contributed by atoms with Crippen LogP contribution in [-0.4, -0.2) is 37.4 Å². The van der Waals surface area contributed by atoms with Crippen molar-refractivity contribution in [2.24, 2.45) is 0 Å². The van der Waals surface area contributed by atoms with E-state index in [2.05, 4.69) is 19.6 Å². The fraction of sp³-hybridized carbons (Fsp3) is 0.348. The highest BCUT2D eigenvalue weighted by Crippen LogP contribution is 2.35. The van der Waals surface area contributed by atoms with Crippen LogP contribution in [0.5, 0.6) is 0 Å². The lowest BCUT2D eigenvalue weighted by Crippen LogP contribution is -2.22. The molecule has 1 atom stereocenters. The average Bonchev–Trinajstić information content (AvgIpc) is 2.97. The number of benzene rings is 2. The van der Waals surface area contributed by atoms with Crippen molar-refractivity contribution in [3.05, 3.63) is 71.2 Å². The van der Waals surface area contributed by atoms with Gasteiger partial charge in [-0.15, -0.1) is 0 Å². The third-order valence-corrected chi connectivity index (χ3v) is 6.79. The van der Waals surface area contributed by atoms with E-state index in [4.69, 9.17) is 9.47 Å². The zero-order valence-corrected chi connectivity index (χ0v) is 18.8. The highest BCUT2D eigenvalue weighted by molar-refractivity contribution is 6.76. The number of carboxylic acids is 1. The van der Waals surface area contributed by atoms with Crippen LogP contribution in [-0.2, 0) is 16.2 Å². The second-order valence-electron chi connectivity index (χ2n) is 8.54. The van der Waals surface area contributed by atoms with E-state index < -0.39 is 26.0 Å². The SMILES string of the molecule is COC(c1ccccc1)c1c(F)c2ccc(C(=O)O)cc2n1COCC[Si](C)(C)C. The van der Waals surface area contributed by atoms with Gasteiger partial charge in [0.2, 0.25) is 0 Å². The molecule has 0 saturated carbocycles. The fourth-order valence-corrected chi connectivity index (χ4v) is 4.18. The summed E-state index contributed by atoms with van der Waals surface area (Å²) in [6.07, 6.45) is -0.646. The molecule has 0 aliphatic carbocycles. The molecule has 30 heavy (non-hydrogen) atoms. The molecular weight excluding hydrogens is 401 g/mol. The van der Waals surface area contributed by atoms with E-state index in [9.17, 15) is 9.90 Å².